The molecule has 0 bridgehead atoms. The van der Waals surface area contributed by atoms with E-state index in [1.165, 1.54) is 36.0 Å². The minimum Gasteiger partial charge on any atom is -0.508 e. The molecule has 0 fully saturated rings. The highest BCUT2D eigenvalue weighted by molar-refractivity contribution is 7.98. The number of carboxylic acid groups (broad SMARTS) is 3. The first kappa shape index (κ1) is 31.2. The topological polar surface area (TPSA) is 245 Å². The Labute approximate surface area is 216 Å². The Morgan fingerprint density at radius 1 is 0.811 bits per heavy atom. The van der Waals surface area contributed by atoms with Crippen molar-refractivity contribution in [1.82, 2.24) is 16.0 Å². The summed E-state index contributed by atoms with van der Waals surface area (Å²) in [7, 11) is 0. The number of carboxylic acids is 3. The van der Waals surface area contributed by atoms with Gasteiger partial charge in [0.1, 0.15) is 23.9 Å². The van der Waals surface area contributed by atoms with Gasteiger partial charge in [0.15, 0.2) is 0 Å². The molecule has 15 heteroatoms. The maximum atomic E-state index is 12.9. The number of amides is 3. The zero-order valence-electron chi connectivity index (χ0n) is 19.9. The van der Waals surface area contributed by atoms with Crippen molar-refractivity contribution in [3.05, 3.63) is 29.8 Å². The zero-order valence-corrected chi connectivity index (χ0v) is 20.7. The van der Waals surface area contributed by atoms with E-state index in [9.17, 15) is 39.0 Å². The van der Waals surface area contributed by atoms with E-state index in [0.717, 1.165) is 0 Å². The Kier molecular flexibility index (Phi) is 12.9. The number of nitrogens with one attached hydrogen (secondary N) is 3. The summed E-state index contributed by atoms with van der Waals surface area (Å²) in [4.78, 5) is 71.6. The summed E-state index contributed by atoms with van der Waals surface area (Å²) in [5.41, 5.74) is 6.48. The molecule has 1 rings (SSSR count). The molecule has 0 aliphatic heterocycles. The summed E-state index contributed by atoms with van der Waals surface area (Å²) in [6.45, 7) is 0. The SMILES string of the molecule is CSCCC(NC(=O)C(CC(=O)O)NC(=O)C(N)Cc1ccc(O)cc1)C(=O)NC(CC(=O)O)C(=O)O. The number of carbonyl (C=O) groups is 6. The van der Waals surface area contributed by atoms with Crippen LogP contribution in [-0.4, -0.2) is 92.2 Å². The van der Waals surface area contributed by atoms with Gasteiger partial charge in [-0.2, -0.15) is 11.8 Å². The Morgan fingerprint density at radius 3 is 1.81 bits per heavy atom. The van der Waals surface area contributed by atoms with Crippen molar-refractivity contribution in [3.63, 3.8) is 0 Å². The van der Waals surface area contributed by atoms with E-state index in [2.05, 4.69) is 10.6 Å². The highest BCUT2D eigenvalue weighted by Gasteiger charge is 2.32. The van der Waals surface area contributed by atoms with Crippen LogP contribution < -0.4 is 21.7 Å². The van der Waals surface area contributed by atoms with Gasteiger partial charge < -0.3 is 42.1 Å². The van der Waals surface area contributed by atoms with Gasteiger partial charge in [-0.1, -0.05) is 12.1 Å². The average molecular weight is 543 g/mol. The van der Waals surface area contributed by atoms with Crippen LogP contribution in [0.15, 0.2) is 24.3 Å². The van der Waals surface area contributed by atoms with Crippen LogP contribution in [0.4, 0.5) is 0 Å². The minimum absolute atomic E-state index is 0.00621. The fourth-order valence-electron chi connectivity index (χ4n) is 3.07. The van der Waals surface area contributed by atoms with E-state index in [0.29, 0.717) is 11.3 Å². The molecule has 9 N–H and O–H groups in total. The average Bonchev–Trinajstić information content (AvgIpc) is 2.81. The van der Waals surface area contributed by atoms with Crippen LogP contribution in [0.2, 0.25) is 0 Å². The van der Waals surface area contributed by atoms with E-state index >= 15 is 0 Å². The van der Waals surface area contributed by atoms with Gasteiger partial charge in [0.2, 0.25) is 17.7 Å². The first-order valence-corrected chi connectivity index (χ1v) is 12.3. The number of phenols is 1. The molecule has 1 aromatic rings. The molecule has 0 aliphatic carbocycles. The predicted octanol–water partition coefficient (Wildman–Crippen LogP) is -1.50. The number of benzene rings is 1. The van der Waals surface area contributed by atoms with Gasteiger partial charge in [0.05, 0.1) is 18.9 Å². The van der Waals surface area contributed by atoms with Crippen LogP contribution in [0.3, 0.4) is 0 Å². The smallest absolute Gasteiger partial charge is 0.326 e. The summed E-state index contributed by atoms with van der Waals surface area (Å²) in [5, 5.41) is 43.2. The molecule has 37 heavy (non-hydrogen) atoms. The molecule has 1 aromatic carbocycles. The van der Waals surface area contributed by atoms with E-state index in [1.807, 2.05) is 5.32 Å². The monoisotopic (exact) mass is 542 g/mol. The number of carbonyl (C=O) groups excluding carboxylic acids is 3. The van der Waals surface area contributed by atoms with Crippen LogP contribution in [-0.2, 0) is 35.2 Å². The van der Waals surface area contributed by atoms with Gasteiger partial charge in [-0.05, 0) is 42.5 Å². The highest BCUT2D eigenvalue weighted by Crippen LogP contribution is 2.11. The van der Waals surface area contributed by atoms with E-state index in [4.69, 9.17) is 15.9 Å². The Morgan fingerprint density at radius 2 is 1.30 bits per heavy atom. The second-order valence-electron chi connectivity index (χ2n) is 7.98. The van der Waals surface area contributed by atoms with Crippen molar-refractivity contribution in [1.29, 1.82) is 0 Å². The fraction of sp³-hybridized carbons (Fsp3) is 0.455. The first-order chi connectivity index (χ1) is 17.3. The summed E-state index contributed by atoms with van der Waals surface area (Å²) in [6.07, 6.45) is 0.000906. The van der Waals surface area contributed by atoms with Gasteiger partial charge in [0.25, 0.3) is 0 Å². The van der Waals surface area contributed by atoms with Crippen LogP contribution in [0, 0.1) is 0 Å². The Balaban J connectivity index is 2.96. The molecular formula is C22H30N4O10S. The lowest BCUT2D eigenvalue weighted by Gasteiger charge is -2.24. The predicted molar refractivity (Wildman–Crippen MR) is 131 cm³/mol. The molecule has 14 nitrogen and oxygen atoms in total. The summed E-state index contributed by atoms with van der Waals surface area (Å²) >= 11 is 1.31. The molecule has 0 radical (unpaired) electrons. The van der Waals surface area contributed by atoms with E-state index < -0.39 is 72.6 Å². The van der Waals surface area contributed by atoms with Crippen LogP contribution in [0.1, 0.15) is 24.8 Å². The number of hydrogen-bond donors (Lipinski definition) is 8. The number of hydrogen-bond acceptors (Lipinski definition) is 9. The van der Waals surface area contributed by atoms with Crippen molar-refractivity contribution in [3.8, 4) is 5.75 Å². The molecule has 0 saturated heterocycles. The normalized spacial score (nSPS) is 13.9. The molecule has 204 valence electrons. The van der Waals surface area contributed by atoms with Gasteiger partial charge in [0, 0.05) is 0 Å². The molecule has 4 atom stereocenters. The molecule has 0 saturated carbocycles. The van der Waals surface area contributed by atoms with Crippen LogP contribution in [0.5, 0.6) is 5.75 Å². The number of nitrogens with two attached hydrogens (primary N) is 1. The fourth-order valence-corrected chi connectivity index (χ4v) is 3.54. The molecule has 0 aliphatic rings. The van der Waals surface area contributed by atoms with Crippen molar-refractivity contribution >= 4 is 47.4 Å². The minimum atomic E-state index is -1.76. The van der Waals surface area contributed by atoms with Crippen molar-refractivity contribution in [2.45, 2.75) is 49.9 Å². The van der Waals surface area contributed by atoms with Crippen LogP contribution >= 0.6 is 11.8 Å². The summed E-state index contributed by atoms with van der Waals surface area (Å²) < 4.78 is 0. The second kappa shape index (κ2) is 15.3. The molecule has 0 spiro atoms. The molecule has 4 unspecified atom stereocenters. The number of thioether (sulfide) groups is 1. The third kappa shape index (κ3) is 11.6. The summed E-state index contributed by atoms with van der Waals surface area (Å²) in [5.74, 6) is -6.99. The Hall–Kier alpha value is -3.85. The van der Waals surface area contributed by atoms with Crippen molar-refractivity contribution in [2.75, 3.05) is 12.0 Å². The van der Waals surface area contributed by atoms with Gasteiger partial charge in [-0.3, -0.25) is 24.0 Å². The van der Waals surface area contributed by atoms with Crippen molar-refractivity contribution < 1.29 is 49.2 Å². The molecular weight excluding hydrogens is 512 g/mol. The quantitative estimate of drug-likeness (QED) is 0.119. The lowest BCUT2D eigenvalue weighted by Crippen LogP contribution is -2.57. The zero-order chi connectivity index (χ0) is 28.1. The molecule has 0 aromatic heterocycles. The number of aliphatic carboxylic acids is 3. The number of rotatable bonds is 16. The van der Waals surface area contributed by atoms with Gasteiger partial charge in [-0.15, -0.1) is 0 Å². The van der Waals surface area contributed by atoms with E-state index in [-0.39, 0.29) is 18.6 Å². The van der Waals surface area contributed by atoms with Crippen LogP contribution in [0.25, 0.3) is 0 Å². The number of aromatic hydroxyl groups is 1. The maximum Gasteiger partial charge on any atom is 0.326 e. The van der Waals surface area contributed by atoms with Gasteiger partial charge >= 0.3 is 17.9 Å². The standard InChI is InChI=1S/C22H30N4O10S/c1-37-7-6-14(20(33)26-16(22(35)36)10-18(30)31)24-21(34)15(9-17(28)29)25-19(32)13(23)8-11-2-4-12(27)5-3-11/h2-5,13-16,27H,6-10,23H2,1H3,(H,24,34)(H,25,32)(H,26,33)(H,28,29)(H,30,31)(H,35,36). The second-order valence-corrected chi connectivity index (χ2v) is 8.96. The van der Waals surface area contributed by atoms with E-state index in [1.54, 1.807) is 6.26 Å². The molecule has 3 amide bonds. The molecule has 0 heterocycles. The maximum absolute atomic E-state index is 12.9. The Bertz CT molecular complexity index is 988. The third-order valence-corrected chi connectivity index (χ3v) is 5.62. The third-order valence-electron chi connectivity index (χ3n) is 4.98. The lowest BCUT2D eigenvalue weighted by molar-refractivity contribution is -0.147. The first-order valence-electron chi connectivity index (χ1n) is 10.9. The highest BCUT2D eigenvalue weighted by atomic mass is 32.2. The summed E-state index contributed by atoms with van der Waals surface area (Å²) in [6, 6.07) is -0.0226. The van der Waals surface area contributed by atoms with Crippen molar-refractivity contribution in [2.24, 2.45) is 5.73 Å². The number of phenolic OH excluding ortho intramolecular Hbond substituents is 1. The lowest BCUT2D eigenvalue weighted by atomic mass is 10.0. The van der Waals surface area contributed by atoms with Gasteiger partial charge in [-0.25, -0.2) is 4.79 Å². The largest absolute Gasteiger partial charge is 0.508 e.